The van der Waals surface area contributed by atoms with Crippen LogP contribution in [-0.4, -0.2) is 20.9 Å². The molecule has 0 aliphatic rings. The number of rotatable bonds is 9. The van der Waals surface area contributed by atoms with Crippen LogP contribution in [0.4, 0.5) is 5.69 Å². The summed E-state index contributed by atoms with van der Waals surface area (Å²) in [5, 5.41) is 3.01. The molecule has 0 aliphatic heterocycles. The Morgan fingerprint density at radius 3 is 1.74 bits per heavy atom. The molecule has 34 heavy (non-hydrogen) atoms. The number of carbonyl (C=O) groups excluding carboxylic acids is 1. The number of para-hydroxylation sites is 1. The van der Waals surface area contributed by atoms with Gasteiger partial charge in [0.1, 0.15) is 5.75 Å². The van der Waals surface area contributed by atoms with E-state index in [1.807, 2.05) is 66.7 Å². The predicted molar refractivity (Wildman–Crippen MR) is 132 cm³/mol. The average molecular weight is 473 g/mol. The Morgan fingerprint density at radius 1 is 0.706 bits per heavy atom. The SMILES string of the molecule is O=C(COc1ccc(S(=O)(=O)Nc2ccccc2)cc1)NC(c1ccccc1)c1ccccc1. The maximum atomic E-state index is 12.7. The fraction of sp³-hybridized carbons (Fsp3) is 0.0741. The van der Waals surface area contributed by atoms with Gasteiger partial charge in [0.25, 0.3) is 15.9 Å². The Morgan fingerprint density at radius 2 is 1.21 bits per heavy atom. The number of hydrogen-bond acceptors (Lipinski definition) is 4. The van der Waals surface area contributed by atoms with Gasteiger partial charge in [-0.25, -0.2) is 8.42 Å². The van der Waals surface area contributed by atoms with Crippen LogP contribution in [-0.2, 0) is 14.8 Å². The van der Waals surface area contributed by atoms with Crippen molar-refractivity contribution < 1.29 is 17.9 Å². The summed E-state index contributed by atoms with van der Waals surface area (Å²) in [6, 6.07) is 33.7. The molecule has 0 heterocycles. The normalized spacial score (nSPS) is 11.1. The molecule has 7 heteroatoms. The zero-order valence-electron chi connectivity index (χ0n) is 18.3. The van der Waals surface area contributed by atoms with Crippen LogP contribution in [0.25, 0.3) is 0 Å². The van der Waals surface area contributed by atoms with Crippen molar-refractivity contribution in [2.45, 2.75) is 10.9 Å². The highest BCUT2D eigenvalue weighted by Gasteiger charge is 2.17. The zero-order chi connectivity index (χ0) is 23.8. The van der Waals surface area contributed by atoms with Gasteiger partial charge < -0.3 is 10.1 Å². The van der Waals surface area contributed by atoms with Crippen LogP contribution in [0.1, 0.15) is 17.2 Å². The third-order valence-corrected chi connectivity index (χ3v) is 6.50. The van der Waals surface area contributed by atoms with Gasteiger partial charge in [0.2, 0.25) is 0 Å². The highest BCUT2D eigenvalue weighted by atomic mass is 32.2. The van der Waals surface area contributed by atoms with E-state index in [0.29, 0.717) is 11.4 Å². The van der Waals surface area contributed by atoms with Crippen molar-refractivity contribution in [2.75, 3.05) is 11.3 Å². The highest BCUT2D eigenvalue weighted by Crippen LogP contribution is 2.22. The van der Waals surface area contributed by atoms with E-state index in [0.717, 1.165) is 11.1 Å². The number of carbonyl (C=O) groups is 1. The molecule has 0 saturated heterocycles. The highest BCUT2D eigenvalue weighted by molar-refractivity contribution is 7.92. The fourth-order valence-electron chi connectivity index (χ4n) is 3.44. The third kappa shape index (κ3) is 6.02. The van der Waals surface area contributed by atoms with Crippen molar-refractivity contribution in [1.29, 1.82) is 0 Å². The minimum Gasteiger partial charge on any atom is -0.484 e. The monoisotopic (exact) mass is 472 g/mol. The van der Waals surface area contributed by atoms with Gasteiger partial charge in [-0.15, -0.1) is 0 Å². The van der Waals surface area contributed by atoms with Crippen molar-refractivity contribution in [2.24, 2.45) is 0 Å². The summed E-state index contributed by atoms with van der Waals surface area (Å²) in [5.41, 5.74) is 2.40. The average Bonchev–Trinajstić information content (AvgIpc) is 2.88. The van der Waals surface area contributed by atoms with Gasteiger partial charge in [0.15, 0.2) is 6.61 Å². The molecular formula is C27H24N2O4S. The summed E-state index contributed by atoms with van der Waals surface area (Å²) in [6.45, 7) is -0.204. The molecule has 0 fully saturated rings. The first-order chi connectivity index (χ1) is 16.5. The Kier molecular flexibility index (Phi) is 7.25. The number of hydrogen-bond donors (Lipinski definition) is 2. The Bertz CT molecular complexity index is 1270. The Hall–Kier alpha value is -4.10. The molecule has 0 bridgehead atoms. The molecule has 6 nitrogen and oxygen atoms in total. The van der Waals surface area contributed by atoms with E-state index >= 15 is 0 Å². The van der Waals surface area contributed by atoms with Crippen molar-refractivity contribution in [3.05, 3.63) is 126 Å². The predicted octanol–water partition coefficient (Wildman–Crippen LogP) is 4.77. The van der Waals surface area contributed by atoms with Gasteiger partial charge in [-0.2, -0.15) is 0 Å². The lowest BCUT2D eigenvalue weighted by atomic mass is 9.99. The Balaban J connectivity index is 1.38. The minimum atomic E-state index is -3.72. The Labute approximate surface area is 199 Å². The molecule has 1 amide bonds. The second-order valence-electron chi connectivity index (χ2n) is 7.55. The lowest BCUT2D eigenvalue weighted by molar-refractivity contribution is -0.123. The molecule has 0 aromatic heterocycles. The maximum Gasteiger partial charge on any atom is 0.261 e. The van der Waals surface area contributed by atoms with Gasteiger partial charge in [0, 0.05) is 5.69 Å². The summed E-state index contributed by atoms with van der Waals surface area (Å²) in [4.78, 5) is 12.8. The molecule has 0 spiro atoms. The number of sulfonamides is 1. The topological polar surface area (TPSA) is 84.5 Å². The van der Waals surface area contributed by atoms with Gasteiger partial charge in [-0.1, -0.05) is 78.9 Å². The van der Waals surface area contributed by atoms with Gasteiger partial charge >= 0.3 is 0 Å². The van der Waals surface area contributed by atoms with E-state index in [9.17, 15) is 13.2 Å². The molecule has 0 unspecified atom stereocenters. The quantitative estimate of drug-likeness (QED) is 0.367. The van der Waals surface area contributed by atoms with Crippen molar-refractivity contribution in [3.8, 4) is 5.75 Å². The first-order valence-corrected chi connectivity index (χ1v) is 12.2. The van der Waals surface area contributed by atoms with Crippen LogP contribution in [0.15, 0.2) is 120 Å². The van der Waals surface area contributed by atoms with E-state index in [1.165, 1.54) is 24.3 Å². The standard InChI is InChI=1S/C27H24N2O4S/c30-26(28-27(21-10-4-1-5-11-21)22-12-6-2-7-13-22)20-33-24-16-18-25(19-17-24)34(31,32)29-23-14-8-3-9-15-23/h1-19,27,29H,20H2,(H,28,30). The largest absolute Gasteiger partial charge is 0.484 e. The van der Waals surface area contributed by atoms with Crippen molar-refractivity contribution in [3.63, 3.8) is 0 Å². The smallest absolute Gasteiger partial charge is 0.261 e. The van der Waals surface area contributed by atoms with Gasteiger partial charge in [-0.05, 0) is 47.5 Å². The third-order valence-electron chi connectivity index (χ3n) is 5.10. The summed E-state index contributed by atoms with van der Waals surface area (Å²) < 4.78 is 33.2. The van der Waals surface area contributed by atoms with Crippen LogP contribution in [0.2, 0.25) is 0 Å². The van der Waals surface area contributed by atoms with E-state index in [4.69, 9.17) is 4.74 Å². The molecule has 0 aliphatic carbocycles. The van der Waals surface area contributed by atoms with Gasteiger partial charge in [-0.3, -0.25) is 9.52 Å². The first-order valence-electron chi connectivity index (χ1n) is 10.7. The van der Waals surface area contributed by atoms with Crippen LogP contribution < -0.4 is 14.8 Å². The van der Waals surface area contributed by atoms with Gasteiger partial charge in [0.05, 0.1) is 10.9 Å². The van der Waals surface area contributed by atoms with Crippen LogP contribution in [0, 0.1) is 0 Å². The number of ether oxygens (including phenoxy) is 1. The number of benzene rings is 4. The second kappa shape index (κ2) is 10.7. The molecule has 172 valence electrons. The zero-order valence-corrected chi connectivity index (χ0v) is 19.1. The number of anilines is 1. The first kappa shape index (κ1) is 23.1. The maximum absolute atomic E-state index is 12.7. The van der Waals surface area contributed by atoms with Crippen LogP contribution in [0.5, 0.6) is 5.75 Å². The molecule has 4 aromatic carbocycles. The molecule has 4 rings (SSSR count). The minimum absolute atomic E-state index is 0.0985. The van der Waals surface area contributed by atoms with E-state index in [1.54, 1.807) is 24.3 Å². The lowest BCUT2D eigenvalue weighted by Gasteiger charge is -2.20. The molecular weight excluding hydrogens is 448 g/mol. The summed E-state index contributed by atoms with van der Waals surface area (Å²) in [7, 11) is -3.72. The number of amides is 1. The molecule has 2 N–H and O–H groups in total. The second-order valence-corrected chi connectivity index (χ2v) is 9.24. The summed E-state index contributed by atoms with van der Waals surface area (Å²) >= 11 is 0. The van der Waals surface area contributed by atoms with Crippen LogP contribution >= 0.6 is 0 Å². The van der Waals surface area contributed by atoms with Crippen molar-refractivity contribution >= 4 is 21.6 Å². The lowest BCUT2D eigenvalue weighted by Crippen LogP contribution is -2.33. The molecule has 0 saturated carbocycles. The summed E-state index contributed by atoms with van der Waals surface area (Å²) in [5.74, 6) is 0.102. The molecule has 0 atom stereocenters. The fourth-order valence-corrected chi connectivity index (χ4v) is 4.50. The molecule has 0 radical (unpaired) electrons. The van der Waals surface area contributed by atoms with E-state index in [-0.39, 0.29) is 23.5 Å². The van der Waals surface area contributed by atoms with E-state index in [2.05, 4.69) is 10.0 Å². The van der Waals surface area contributed by atoms with E-state index < -0.39 is 10.0 Å². The van der Waals surface area contributed by atoms with Crippen LogP contribution in [0.3, 0.4) is 0 Å². The number of nitrogens with one attached hydrogen (secondary N) is 2. The molecule has 4 aromatic rings. The summed E-state index contributed by atoms with van der Waals surface area (Å²) in [6.07, 6.45) is 0. The van der Waals surface area contributed by atoms with Crippen molar-refractivity contribution in [1.82, 2.24) is 5.32 Å².